The Morgan fingerprint density at radius 2 is 1.34 bits per heavy atom. The van der Waals surface area contributed by atoms with Crippen molar-refractivity contribution >= 4 is 75.1 Å². The highest BCUT2D eigenvalue weighted by Crippen LogP contribution is 2.52. The lowest BCUT2D eigenvalue weighted by Gasteiger charge is -2.31. The minimum Gasteiger partial charge on any atom is -0.748 e. The zero-order valence-electron chi connectivity index (χ0n) is 39.8. The molecule has 0 radical (unpaired) electrons. The molecule has 0 saturated heterocycles. The number of unbranched alkanes of at least 4 members (excludes halogenated alkanes) is 2. The van der Waals surface area contributed by atoms with Crippen LogP contribution in [-0.4, -0.2) is 138 Å². The van der Waals surface area contributed by atoms with Crippen molar-refractivity contribution < 1.29 is 80.6 Å². The predicted molar refractivity (Wildman–Crippen MR) is 260 cm³/mol. The van der Waals surface area contributed by atoms with E-state index >= 15 is 0 Å². The maximum absolute atomic E-state index is 12.3. The molecular formula is C47H60ClN2O17S4-3. The van der Waals surface area contributed by atoms with Gasteiger partial charge in [-0.05, 0) is 125 Å². The van der Waals surface area contributed by atoms with Crippen molar-refractivity contribution in [1.82, 2.24) is 0 Å². The largest absolute Gasteiger partial charge is 0.748 e. The summed E-state index contributed by atoms with van der Waals surface area (Å²) in [5.41, 5.74) is 2.29. The van der Waals surface area contributed by atoms with Crippen LogP contribution in [0.25, 0.3) is 0 Å². The van der Waals surface area contributed by atoms with Crippen molar-refractivity contribution in [2.75, 3.05) is 69.6 Å². The number of halogens is 1. The van der Waals surface area contributed by atoms with Crippen molar-refractivity contribution in [2.24, 2.45) is 0 Å². The molecule has 394 valence electrons. The molecule has 2 atom stereocenters. The first kappa shape index (κ1) is 58.0. The fourth-order valence-corrected chi connectivity index (χ4v) is 11.8. The van der Waals surface area contributed by atoms with E-state index in [2.05, 4.69) is 0 Å². The molecule has 3 aliphatic rings. The summed E-state index contributed by atoms with van der Waals surface area (Å²) in [7, 11) is -17.5. The lowest BCUT2D eigenvalue weighted by molar-refractivity contribution is -0.438. The van der Waals surface area contributed by atoms with E-state index in [1.165, 1.54) is 36.4 Å². The summed E-state index contributed by atoms with van der Waals surface area (Å²) in [4.78, 5) is 12.1. The topological polar surface area (TPSA) is 300 Å². The van der Waals surface area contributed by atoms with Crippen LogP contribution in [0.2, 0.25) is 0 Å². The summed E-state index contributed by atoms with van der Waals surface area (Å²) >= 11 is 7.23. The number of hydrogen-bond acceptors (Lipinski definition) is 17. The first-order chi connectivity index (χ1) is 33.2. The molecule has 0 spiro atoms. The monoisotopic (exact) mass is 1090 g/mol. The molecular weight excluding hydrogens is 1030 g/mol. The van der Waals surface area contributed by atoms with Crippen LogP contribution >= 0.6 is 11.6 Å². The third kappa shape index (κ3) is 15.6. The fourth-order valence-electron chi connectivity index (χ4n) is 9.50. The van der Waals surface area contributed by atoms with E-state index in [4.69, 9.17) is 25.8 Å². The molecule has 0 saturated carbocycles. The second-order valence-electron chi connectivity index (χ2n) is 18.0. The molecule has 19 nitrogen and oxygen atoms in total. The average Bonchev–Trinajstić information content (AvgIpc) is 3.64. The smallest absolute Gasteiger partial charge is 0.303 e. The molecule has 0 bridgehead atoms. The molecule has 5 rings (SSSR count). The van der Waals surface area contributed by atoms with Gasteiger partial charge in [0.05, 0.1) is 68.5 Å². The molecule has 2 unspecified atom stereocenters. The number of aliphatic carboxylic acids is 1. The van der Waals surface area contributed by atoms with Crippen LogP contribution < -0.4 is 4.90 Å². The number of ether oxygens (including phenoxy) is 3. The number of benzene rings is 2. The van der Waals surface area contributed by atoms with Crippen LogP contribution in [0.3, 0.4) is 0 Å². The van der Waals surface area contributed by atoms with E-state index in [1.54, 1.807) is 39.2 Å². The summed E-state index contributed by atoms with van der Waals surface area (Å²) < 4.78 is 163. The Morgan fingerprint density at radius 3 is 1.94 bits per heavy atom. The van der Waals surface area contributed by atoms with Crippen LogP contribution in [0.1, 0.15) is 95.6 Å². The molecule has 0 aromatic heterocycles. The molecule has 2 aliphatic heterocycles. The van der Waals surface area contributed by atoms with Crippen molar-refractivity contribution in [1.29, 1.82) is 0 Å². The number of fused-ring (bicyclic) bond motifs is 2. The molecule has 71 heavy (non-hydrogen) atoms. The normalized spacial score (nSPS) is 21.0. The van der Waals surface area contributed by atoms with Crippen LogP contribution in [0, 0.1) is 0 Å². The lowest BCUT2D eigenvalue weighted by Crippen LogP contribution is -2.32. The zero-order valence-corrected chi connectivity index (χ0v) is 43.8. The van der Waals surface area contributed by atoms with E-state index in [0.717, 1.165) is 0 Å². The van der Waals surface area contributed by atoms with E-state index in [9.17, 15) is 61.8 Å². The summed E-state index contributed by atoms with van der Waals surface area (Å²) in [6.07, 6.45) is 10.2. The van der Waals surface area contributed by atoms with Crippen molar-refractivity contribution in [3.05, 3.63) is 93.7 Å². The van der Waals surface area contributed by atoms with E-state index in [1.807, 2.05) is 15.6 Å². The number of anilines is 1. The number of hydrogen-bond donors (Lipinski definition) is 1. The minimum atomic E-state index is -4.92. The van der Waals surface area contributed by atoms with Gasteiger partial charge in [-0.1, -0.05) is 23.8 Å². The van der Waals surface area contributed by atoms with Crippen molar-refractivity contribution in [2.45, 2.75) is 105 Å². The molecule has 2 aromatic carbocycles. The van der Waals surface area contributed by atoms with Crippen LogP contribution in [0.5, 0.6) is 0 Å². The highest BCUT2D eigenvalue weighted by molar-refractivity contribution is 7.86. The third-order valence-electron chi connectivity index (χ3n) is 13.0. The second kappa shape index (κ2) is 24.5. The summed E-state index contributed by atoms with van der Waals surface area (Å²) in [6, 6.07) is 7.95. The van der Waals surface area contributed by atoms with Gasteiger partial charge in [0.15, 0.2) is 5.71 Å². The number of nitrogens with zero attached hydrogens (tertiary/aromatic N) is 2. The average molecular weight is 1090 g/mol. The molecule has 1 aliphatic carbocycles. The number of methoxy groups -OCH3 is 1. The zero-order chi connectivity index (χ0) is 52.4. The number of carboxylic acids is 1. The van der Waals surface area contributed by atoms with Crippen molar-refractivity contribution in [3.63, 3.8) is 0 Å². The Bertz CT molecular complexity index is 2910. The highest BCUT2D eigenvalue weighted by atomic mass is 35.5. The van der Waals surface area contributed by atoms with E-state index in [0.29, 0.717) is 115 Å². The van der Waals surface area contributed by atoms with Gasteiger partial charge < -0.3 is 42.4 Å². The lowest BCUT2D eigenvalue weighted by atomic mass is 9.75. The van der Waals surface area contributed by atoms with Gasteiger partial charge >= 0.3 is 5.97 Å². The first-order valence-corrected chi connectivity index (χ1v) is 29.4. The van der Waals surface area contributed by atoms with Crippen LogP contribution in [0.15, 0.2) is 92.4 Å². The molecule has 1 N–H and O–H groups in total. The summed E-state index contributed by atoms with van der Waals surface area (Å²) in [5, 5.41) is 9.59. The van der Waals surface area contributed by atoms with Gasteiger partial charge in [0.25, 0.3) is 0 Å². The first-order valence-electron chi connectivity index (χ1n) is 23.0. The number of allylic oxidation sites excluding steroid dienone is 8. The summed E-state index contributed by atoms with van der Waals surface area (Å²) in [5.74, 6) is -2.33. The van der Waals surface area contributed by atoms with Gasteiger partial charge in [0, 0.05) is 77.5 Å². The maximum Gasteiger partial charge on any atom is 0.303 e. The van der Waals surface area contributed by atoms with Crippen LogP contribution in [0.4, 0.5) is 11.4 Å². The van der Waals surface area contributed by atoms with E-state index < -0.39 is 78.6 Å². The number of carbonyl (C=O) groups is 1. The van der Waals surface area contributed by atoms with Gasteiger partial charge in [-0.3, -0.25) is 4.79 Å². The fraction of sp³-hybridized carbons (Fsp3) is 0.532. The highest BCUT2D eigenvalue weighted by Gasteiger charge is 2.48. The van der Waals surface area contributed by atoms with Crippen molar-refractivity contribution in [3.8, 4) is 0 Å². The number of rotatable bonds is 28. The maximum atomic E-state index is 12.3. The van der Waals surface area contributed by atoms with Crippen LogP contribution in [-0.2, 0) is 70.3 Å². The minimum absolute atomic E-state index is 0.0404. The Morgan fingerprint density at radius 1 is 0.746 bits per heavy atom. The van der Waals surface area contributed by atoms with Gasteiger partial charge in [0.2, 0.25) is 5.69 Å². The molecule has 24 heteroatoms. The van der Waals surface area contributed by atoms with Gasteiger partial charge in [0.1, 0.15) is 26.8 Å². The molecule has 2 aromatic rings. The van der Waals surface area contributed by atoms with Gasteiger partial charge in [-0.2, -0.15) is 4.58 Å². The second-order valence-corrected chi connectivity index (χ2v) is 24.2. The van der Waals surface area contributed by atoms with Gasteiger partial charge in [-0.15, -0.1) is 0 Å². The Labute approximate surface area is 421 Å². The predicted octanol–water partition coefficient (Wildman–Crippen LogP) is 5.65. The van der Waals surface area contributed by atoms with Gasteiger partial charge in [-0.25, -0.2) is 33.7 Å². The number of carboxylic acid groups (broad SMARTS) is 1. The Kier molecular flexibility index (Phi) is 20.0. The quantitative estimate of drug-likeness (QED) is 0.0611. The third-order valence-corrected chi connectivity index (χ3v) is 16.7. The standard InChI is InChI=1S/C47H63ClN2O17S4/c1-46(21-8-30-68(53,54)55)38-32-36(70(59,60)61)15-17-40(38)49(23-6-4-5-12-44(51)52)42(46)19-13-34-10-7-11-35(45(34)48)14-20-43-47(2,22-9-31-69(56,57)58)39-33-37(71(62,63)64)16-18-41(39)50(43)24-25-66-28-29-67-27-26-65-3/h13-20,32-33H,4-12,21-31H2,1-3H3,(H4-,51,52,53,54,55,56,57,58,59,60,61,62,63,64)/p-3. The Hall–Kier alpha value is -3.85. The SMILES string of the molecule is COCCOCCOCCN1/C(=C/C=C2\CCCC(/C=C/C3=[N+](CCCCCC(=O)O)c4ccc(S(=O)(=O)[O-])cc4C3(C)CCCS(=O)(=O)[O-])=C2Cl)C(C)(CCCS(=O)(=O)[O-])c2cc(S(=O)(=O)[O-])ccc21. The van der Waals surface area contributed by atoms with E-state index in [-0.39, 0.29) is 51.9 Å². The molecule has 0 amide bonds. The molecule has 0 fully saturated rings. The Balaban J connectivity index is 1.60. The summed E-state index contributed by atoms with van der Waals surface area (Å²) in [6.45, 7) is 5.61. The molecule has 2 heterocycles.